The zero-order valence-electron chi connectivity index (χ0n) is 7.25. The summed E-state index contributed by atoms with van der Waals surface area (Å²) in [6.45, 7) is 0. The molecule has 1 aromatic rings. The molecular formula is C8H3BrF6O. The molecule has 0 radical (unpaired) electrons. The fraction of sp³-hybridized carbons (Fsp3) is 0.250. The van der Waals surface area contributed by atoms with Crippen LogP contribution in [0.4, 0.5) is 26.3 Å². The third kappa shape index (κ3) is 2.60. The topological polar surface area (TPSA) is 20.2 Å². The van der Waals surface area contributed by atoms with Crippen molar-refractivity contribution >= 4 is 15.9 Å². The summed E-state index contributed by atoms with van der Waals surface area (Å²) in [6.07, 6.45) is -9.74. The Morgan fingerprint density at radius 1 is 0.875 bits per heavy atom. The summed E-state index contributed by atoms with van der Waals surface area (Å²) in [5, 5.41) is 8.87. The summed E-state index contributed by atoms with van der Waals surface area (Å²) < 4.78 is 72.5. The largest absolute Gasteiger partial charge is 0.507 e. The Morgan fingerprint density at radius 3 is 1.69 bits per heavy atom. The first-order valence-electron chi connectivity index (χ1n) is 3.70. The molecule has 0 aliphatic heterocycles. The van der Waals surface area contributed by atoms with Crippen LogP contribution in [0.5, 0.6) is 5.75 Å². The molecule has 0 aliphatic carbocycles. The van der Waals surface area contributed by atoms with Crippen molar-refractivity contribution in [2.24, 2.45) is 0 Å². The van der Waals surface area contributed by atoms with Gasteiger partial charge in [0.2, 0.25) is 0 Å². The third-order valence-corrected chi connectivity index (χ3v) is 2.35. The molecule has 0 aliphatic rings. The van der Waals surface area contributed by atoms with Crippen LogP contribution < -0.4 is 0 Å². The number of hydrogen-bond acceptors (Lipinski definition) is 1. The van der Waals surface area contributed by atoms with Crippen LogP contribution in [0.3, 0.4) is 0 Å². The van der Waals surface area contributed by atoms with E-state index in [9.17, 15) is 26.3 Å². The minimum absolute atomic E-state index is 0.0346. The van der Waals surface area contributed by atoms with E-state index in [4.69, 9.17) is 5.11 Å². The van der Waals surface area contributed by atoms with Gasteiger partial charge in [0.05, 0.1) is 11.1 Å². The SMILES string of the molecule is Oc1cc(C(F)(F)F)c(Br)cc1C(F)(F)F. The Bertz CT molecular complexity index is 368. The molecule has 0 fully saturated rings. The van der Waals surface area contributed by atoms with Gasteiger partial charge in [-0.15, -0.1) is 0 Å². The molecule has 1 nitrogen and oxygen atoms in total. The Labute approximate surface area is 93.8 Å². The first kappa shape index (κ1) is 13.1. The highest BCUT2D eigenvalue weighted by molar-refractivity contribution is 9.10. The zero-order valence-corrected chi connectivity index (χ0v) is 8.83. The molecule has 0 heterocycles. The summed E-state index contributed by atoms with van der Waals surface area (Å²) >= 11 is 2.38. The summed E-state index contributed by atoms with van der Waals surface area (Å²) in [5.74, 6) is -1.46. The Morgan fingerprint density at radius 2 is 1.31 bits per heavy atom. The van der Waals surface area contributed by atoms with E-state index in [1.54, 1.807) is 0 Å². The smallest absolute Gasteiger partial charge is 0.419 e. The summed E-state index contributed by atoms with van der Waals surface area (Å²) in [7, 11) is 0. The van der Waals surface area contributed by atoms with Gasteiger partial charge in [-0.25, -0.2) is 0 Å². The van der Waals surface area contributed by atoms with Gasteiger partial charge < -0.3 is 5.11 Å². The number of rotatable bonds is 0. The van der Waals surface area contributed by atoms with Gasteiger partial charge in [0, 0.05) is 4.47 Å². The third-order valence-electron chi connectivity index (χ3n) is 1.70. The average Bonchev–Trinajstić information content (AvgIpc) is 2.04. The van der Waals surface area contributed by atoms with Crippen molar-refractivity contribution < 1.29 is 31.4 Å². The highest BCUT2D eigenvalue weighted by atomic mass is 79.9. The second kappa shape index (κ2) is 3.83. The predicted octanol–water partition coefficient (Wildman–Crippen LogP) is 4.19. The number of hydrogen-bond donors (Lipinski definition) is 1. The molecule has 1 N–H and O–H groups in total. The molecule has 0 aromatic heterocycles. The van der Waals surface area contributed by atoms with Gasteiger partial charge in [-0.3, -0.25) is 0 Å². The van der Waals surface area contributed by atoms with Gasteiger partial charge in [-0.1, -0.05) is 15.9 Å². The molecule has 1 aromatic carbocycles. The maximum absolute atomic E-state index is 12.2. The highest BCUT2D eigenvalue weighted by Gasteiger charge is 2.39. The quantitative estimate of drug-likeness (QED) is 0.712. The van der Waals surface area contributed by atoms with Crippen molar-refractivity contribution in [2.45, 2.75) is 12.4 Å². The monoisotopic (exact) mass is 308 g/mol. The Hall–Kier alpha value is -0.920. The second-order valence-electron chi connectivity index (χ2n) is 2.84. The van der Waals surface area contributed by atoms with Gasteiger partial charge in [0.25, 0.3) is 0 Å². The lowest BCUT2D eigenvalue weighted by Gasteiger charge is -2.14. The van der Waals surface area contributed by atoms with Crippen LogP contribution >= 0.6 is 15.9 Å². The molecular weight excluding hydrogens is 306 g/mol. The second-order valence-corrected chi connectivity index (χ2v) is 3.70. The van der Waals surface area contributed by atoms with E-state index in [2.05, 4.69) is 15.9 Å². The molecule has 0 bridgehead atoms. The molecule has 1 rings (SSSR count). The van der Waals surface area contributed by atoms with E-state index >= 15 is 0 Å². The maximum Gasteiger partial charge on any atom is 0.419 e. The van der Waals surface area contributed by atoms with Crippen LogP contribution in [0.15, 0.2) is 16.6 Å². The molecule has 0 saturated carbocycles. The molecule has 16 heavy (non-hydrogen) atoms. The average molecular weight is 309 g/mol. The minimum Gasteiger partial charge on any atom is -0.507 e. The molecule has 8 heteroatoms. The maximum atomic E-state index is 12.2. The lowest BCUT2D eigenvalue weighted by atomic mass is 10.1. The van der Waals surface area contributed by atoms with Crippen molar-refractivity contribution in [2.75, 3.05) is 0 Å². The van der Waals surface area contributed by atoms with Crippen LogP contribution in [-0.2, 0) is 12.4 Å². The van der Waals surface area contributed by atoms with Gasteiger partial charge in [-0.2, -0.15) is 26.3 Å². The fourth-order valence-electron chi connectivity index (χ4n) is 1.01. The minimum atomic E-state index is -4.91. The van der Waals surface area contributed by atoms with Crippen LogP contribution in [0.25, 0.3) is 0 Å². The van der Waals surface area contributed by atoms with Crippen molar-refractivity contribution in [1.29, 1.82) is 0 Å². The van der Waals surface area contributed by atoms with Crippen LogP contribution in [0.1, 0.15) is 11.1 Å². The number of phenolic OH excluding ortho intramolecular Hbond substituents is 1. The molecule has 0 atom stereocenters. The molecule has 0 saturated heterocycles. The number of alkyl halides is 6. The molecule has 0 unspecified atom stereocenters. The van der Waals surface area contributed by atoms with E-state index in [1.165, 1.54) is 0 Å². The summed E-state index contributed by atoms with van der Waals surface area (Å²) in [4.78, 5) is 0. The van der Waals surface area contributed by atoms with E-state index in [0.29, 0.717) is 0 Å². The van der Waals surface area contributed by atoms with Crippen molar-refractivity contribution in [3.8, 4) is 5.75 Å². The van der Waals surface area contributed by atoms with Gasteiger partial charge in [0.1, 0.15) is 5.75 Å². The predicted molar refractivity (Wildman–Crippen MR) is 45.8 cm³/mol. The molecule has 0 spiro atoms. The molecule has 0 amide bonds. The van der Waals surface area contributed by atoms with E-state index in [0.717, 1.165) is 0 Å². The van der Waals surface area contributed by atoms with Crippen molar-refractivity contribution in [1.82, 2.24) is 0 Å². The van der Waals surface area contributed by atoms with Gasteiger partial charge >= 0.3 is 12.4 Å². The number of benzene rings is 1. The Balaban J connectivity index is 3.40. The van der Waals surface area contributed by atoms with Gasteiger partial charge in [-0.05, 0) is 12.1 Å². The normalized spacial score (nSPS) is 12.9. The lowest BCUT2D eigenvalue weighted by molar-refractivity contribution is -0.142. The fourth-order valence-corrected chi connectivity index (χ4v) is 1.57. The lowest BCUT2D eigenvalue weighted by Crippen LogP contribution is -2.10. The number of phenols is 1. The summed E-state index contributed by atoms with van der Waals surface area (Å²) in [5.41, 5.74) is -2.88. The number of halogens is 7. The van der Waals surface area contributed by atoms with Crippen LogP contribution in [0.2, 0.25) is 0 Å². The summed E-state index contributed by atoms with van der Waals surface area (Å²) in [6, 6.07) is 0.227. The van der Waals surface area contributed by atoms with Crippen LogP contribution in [0, 0.1) is 0 Å². The van der Waals surface area contributed by atoms with E-state index in [-0.39, 0.29) is 12.1 Å². The van der Waals surface area contributed by atoms with Crippen LogP contribution in [-0.4, -0.2) is 5.11 Å². The van der Waals surface area contributed by atoms with E-state index in [1.807, 2.05) is 0 Å². The van der Waals surface area contributed by atoms with Crippen molar-refractivity contribution in [3.63, 3.8) is 0 Å². The first-order chi connectivity index (χ1) is 7.03. The first-order valence-corrected chi connectivity index (χ1v) is 4.49. The Kier molecular flexibility index (Phi) is 3.15. The van der Waals surface area contributed by atoms with Gasteiger partial charge in [0.15, 0.2) is 0 Å². The van der Waals surface area contributed by atoms with E-state index < -0.39 is 33.7 Å². The highest BCUT2D eigenvalue weighted by Crippen LogP contribution is 2.43. The zero-order chi connectivity index (χ0) is 12.7. The standard InChI is InChI=1S/C8H3BrF6O/c9-5-1-4(8(13,14)15)6(16)2-3(5)7(10,11)12/h1-2,16H. The van der Waals surface area contributed by atoms with Crippen molar-refractivity contribution in [3.05, 3.63) is 27.7 Å². The molecule has 90 valence electrons. The number of aromatic hydroxyl groups is 1.